The summed E-state index contributed by atoms with van der Waals surface area (Å²) in [6.07, 6.45) is 6.21. The summed E-state index contributed by atoms with van der Waals surface area (Å²) in [5, 5.41) is 7.98. The first-order valence-electron chi connectivity index (χ1n) is 11.3. The van der Waals surface area contributed by atoms with Crippen LogP contribution in [-0.4, -0.2) is 67.4 Å². The molecule has 2 atom stereocenters. The molecule has 0 spiro atoms. The van der Waals surface area contributed by atoms with Gasteiger partial charge in [-0.1, -0.05) is 23.2 Å². The average Bonchev–Trinajstić information content (AvgIpc) is 2.83. The van der Waals surface area contributed by atoms with Gasteiger partial charge in [0.2, 0.25) is 0 Å². The van der Waals surface area contributed by atoms with Gasteiger partial charge < -0.3 is 25.0 Å². The number of methoxy groups -OCH3 is 1. The van der Waals surface area contributed by atoms with Crippen LogP contribution in [-0.2, 0) is 9.47 Å². The van der Waals surface area contributed by atoms with Gasteiger partial charge in [0, 0.05) is 50.8 Å². The topological polar surface area (TPSA) is 75.7 Å². The number of carbonyl (C=O) groups is 1. The van der Waals surface area contributed by atoms with Crippen LogP contribution in [0.25, 0.3) is 0 Å². The minimum absolute atomic E-state index is 0.0112. The summed E-state index contributed by atoms with van der Waals surface area (Å²) in [5.74, 6) is 0.0112. The van der Waals surface area contributed by atoms with Gasteiger partial charge in [-0.2, -0.15) is 0 Å². The van der Waals surface area contributed by atoms with Crippen molar-refractivity contribution in [3.8, 4) is 0 Å². The molecule has 2 saturated heterocycles. The number of pyridine rings is 1. The fourth-order valence-electron chi connectivity index (χ4n) is 4.45. The molecular formula is C24H30Cl2N4O3. The number of hydrogen-bond acceptors (Lipinski definition) is 6. The summed E-state index contributed by atoms with van der Waals surface area (Å²) in [5.41, 5.74) is 3.01. The number of halogens is 2. The number of nitrogens with one attached hydrogen (secondary N) is 2. The Balaban J connectivity index is 1.37. The summed E-state index contributed by atoms with van der Waals surface area (Å²) in [4.78, 5) is 19.5. The van der Waals surface area contributed by atoms with Gasteiger partial charge in [-0.25, -0.2) is 0 Å². The van der Waals surface area contributed by atoms with E-state index in [1.165, 1.54) is 0 Å². The Morgan fingerprint density at radius 2 is 1.97 bits per heavy atom. The van der Waals surface area contributed by atoms with E-state index in [9.17, 15) is 4.79 Å². The number of aromatic nitrogens is 1. The van der Waals surface area contributed by atoms with E-state index in [0.717, 1.165) is 42.8 Å². The molecule has 4 rings (SSSR count). The second-order valence-electron chi connectivity index (χ2n) is 8.59. The lowest BCUT2D eigenvalue weighted by Crippen LogP contribution is -2.54. The number of hydrogen-bond donors (Lipinski definition) is 2. The number of piperidine rings is 1. The lowest BCUT2D eigenvalue weighted by atomic mass is 9.99. The van der Waals surface area contributed by atoms with E-state index in [4.69, 9.17) is 32.7 Å². The van der Waals surface area contributed by atoms with Crippen LogP contribution >= 0.6 is 23.2 Å². The molecule has 0 bridgehead atoms. The zero-order valence-corrected chi connectivity index (χ0v) is 20.5. The standard InChI is InChI=1S/C24H30Cl2N4O3/c1-15-18(12-27-13-22(15)29-17-3-4-19(25)20(26)11-17)24(31)30-8-5-16(6-9-30)28-21-7-10-33-14-23(21)32-2/h3-4,11-13,16,21,23,28-29H,5-10,14H2,1-2H3/t21-,23+/m1/s1. The predicted molar refractivity (Wildman–Crippen MR) is 131 cm³/mol. The van der Waals surface area contributed by atoms with E-state index < -0.39 is 0 Å². The first kappa shape index (κ1) is 24.2. The number of likely N-dealkylation sites (tertiary alicyclic amines) is 1. The van der Waals surface area contributed by atoms with E-state index in [1.54, 1.807) is 31.6 Å². The van der Waals surface area contributed by atoms with E-state index in [-0.39, 0.29) is 12.0 Å². The molecule has 1 amide bonds. The summed E-state index contributed by atoms with van der Waals surface area (Å²) < 4.78 is 11.1. The predicted octanol–water partition coefficient (Wildman–Crippen LogP) is 4.44. The first-order valence-corrected chi connectivity index (χ1v) is 12.0. The van der Waals surface area contributed by atoms with Crippen LogP contribution in [0.5, 0.6) is 0 Å². The summed E-state index contributed by atoms with van der Waals surface area (Å²) in [7, 11) is 1.73. The highest BCUT2D eigenvalue weighted by Crippen LogP contribution is 2.29. The summed E-state index contributed by atoms with van der Waals surface area (Å²) in [6.45, 7) is 4.74. The lowest BCUT2D eigenvalue weighted by molar-refractivity contribution is -0.0533. The smallest absolute Gasteiger partial charge is 0.255 e. The maximum atomic E-state index is 13.3. The number of nitrogens with zero attached hydrogens (tertiary/aromatic N) is 2. The Morgan fingerprint density at radius 3 is 2.70 bits per heavy atom. The molecule has 3 heterocycles. The van der Waals surface area contributed by atoms with Crippen LogP contribution in [0.1, 0.15) is 35.2 Å². The Hall–Kier alpha value is -1.90. The van der Waals surface area contributed by atoms with E-state index >= 15 is 0 Å². The molecule has 0 radical (unpaired) electrons. The van der Waals surface area contributed by atoms with Gasteiger partial charge in [-0.15, -0.1) is 0 Å². The molecule has 2 aliphatic heterocycles. The lowest BCUT2D eigenvalue weighted by Gasteiger charge is -2.38. The molecule has 1 aromatic heterocycles. The Morgan fingerprint density at radius 1 is 1.18 bits per heavy atom. The minimum Gasteiger partial charge on any atom is -0.379 e. The number of anilines is 2. The maximum Gasteiger partial charge on any atom is 0.255 e. The van der Waals surface area contributed by atoms with Crippen molar-refractivity contribution in [2.75, 3.05) is 38.7 Å². The molecule has 2 aromatic rings. The number of amides is 1. The van der Waals surface area contributed by atoms with Gasteiger partial charge in [0.25, 0.3) is 5.91 Å². The van der Waals surface area contributed by atoms with Gasteiger partial charge in [0.1, 0.15) is 0 Å². The molecule has 2 aliphatic rings. The van der Waals surface area contributed by atoms with E-state index in [0.29, 0.717) is 47.4 Å². The Labute approximate surface area is 204 Å². The third kappa shape index (κ3) is 5.78. The first-order chi connectivity index (χ1) is 16.0. The quantitative estimate of drug-likeness (QED) is 0.620. The van der Waals surface area contributed by atoms with Crippen LogP contribution in [0.4, 0.5) is 11.4 Å². The molecule has 0 saturated carbocycles. The highest BCUT2D eigenvalue weighted by molar-refractivity contribution is 6.42. The molecule has 9 heteroatoms. The van der Waals surface area contributed by atoms with Crippen molar-refractivity contribution in [3.05, 3.63) is 51.8 Å². The highest BCUT2D eigenvalue weighted by Gasteiger charge is 2.30. The van der Waals surface area contributed by atoms with Gasteiger partial charge in [-0.3, -0.25) is 9.78 Å². The fraction of sp³-hybridized carbons (Fsp3) is 0.500. The zero-order chi connectivity index (χ0) is 23.4. The van der Waals surface area contributed by atoms with Crippen molar-refractivity contribution in [1.82, 2.24) is 15.2 Å². The second kappa shape index (κ2) is 11.0. The van der Waals surface area contributed by atoms with E-state index in [2.05, 4.69) is 15.6 Å². The number of benzene rings is 1. The third-order valence-corrected chi connectivity index (χ3v) is 7.22. The average molecular weight is 493 g/mol. The highest BCUT2D eigenvalue weighted by atomic mass is 35.5. The number of carbonyl (C=O) groups excluding carboxylic acids is 1. The zero-order valence-electron chi connectivity index (χ0n) is 18.9. The van der Waals surface area contributed by atoms with Crippen molar-refractivity contribution in [1.29, 1.82) is 0 Å². The largest absolute Gasteiger partial charge is 0.379 e. The van der Waals surface area contributed by atoms with E-state index in [1.807, 2.05) is 17.9 Å². The van der Waals surface area contributed by atoms with Crippen LogP contribution < -0.4 is 10.6 Å². The number of rotatable bonds is 6. The van der Waals surface area contributed by atoms with Crippen molar-refractivity contribution >= 4 is 40.5 Å². The maximum absolute atomic E-state index is 13.3. The Kier molecular flexibility index (Phi) is 8.09. The molecule has 178 valence electrons. The molecule has 33 heavy (non-hydrogen) atoms. The third-order valence-electron chi connectivity index (χ3n) is 6.48. The molecule has 0 aliphatic carbocycles. The van der Waals surface area contributed by atoms with Crippen molar-refractivity contribution in [3.63, 3.8) is 0 Å². The van der Waals surface area contributed by atoms with Crippen molar-refractivity contribution in [2.24, 2.45) is 0 Å². The van der Waals surface area contributed by atoms with Crippen molar-refractivity contribution < 1.29 is 14.3 Å². The summed E-state index contributed by atoms with van der Waals surface area (Å²) in [6, 6.07) is 6.00. The molecule has 2 N–H and O–H groups in total. The minimum atomic E-state index is 0.0112. The second-order valence-corrected chi connectivity index (χ2v) is 9.41. The SMILES string of the molecule is CO[C@H]1COCC[C@H]1NC1CCN(C(=O)c2cncc(Nc3ccc(Cl)c(Cl)c3)c2C)CC1. The van der Waals surface area contributed by atoms with Crippen LogP contribution in [0, 0.1) is 6.92 Å². The molecular weight excluding hydrogens is 463 g/mol. The van der Waals surface area contributed by atoms with Crippen molar-refractivity contribution in [2.45, 2.75) is 44.4 Å². The molecule has 2 fully saturated rings. The molecule has 0 unspecified atom stereocenters. The van der Waals surface area contributed by atoms with Crippen LogP contribution in [0.15, 0.2) is 30.6 Å². The van der Waals surface area contributed by atoms with Gasteiger partial charge in [-0.05, 0) is 49.9 Å². The van der Waals surface area contributed by atoms with Gasteiger partial charge in [0.05, 0.1) is 40.2 Å². The van der Waals surface area contributed by atoms with Gasteiger partial charge >= 0.3 is 0 Å². The Bertz CT molecular complexity index is 982. The normalized spacial score (nSPS) is 21.8. The van der Waals surface area contributed by atoms with Crippen LogP contribution in [0.3, 0.4) is 0 Å². The summed E-state index contributed by atoms with van der Waals surface area (Å²) >= 11 is 12.1. The fourth-order valence-corrected chi connectivity index (χ4v) is 4.75. The monoisotopic (exact) mass is 492 g/mol. The number of ether oxygens (including phenoxy) is 2. The molecule has 1 aromatic carbocycles. The molecule has 7 nitrogen and oxygen atoms in total. The van der Waals surface area contributed by atoms with Gasteiger partial charge in [0.15, 0.2) is 0 Å². The van der Waals surface area contributed by atoms with Crippen LogP contribution in [0.2, 0.25) is 10.0 Å².